The van der Waals surface area contributed by atoms with Gasteiger partial charge in [-0.25, -0.2) is 0 Å². The molecular formula is C21H33N5O2. The van der Waals surface area contributed by atoms with E-state index in [2.05, 4.69) is 33.6 Å². The van der Waals surface area contributed by atoms with Gasteiger partial charge in [-0.1, -0.05) is 12.8 Å². The highest BCUT2D eigenvalue weighted by molar-refractivity contribution is 5.89. The first-order valence-corrected chi connectivity index (χ1v) is 11.0. The largest absolute Gasteiger partial charge is 0.356 e. The van der Waals surface area contributed by atoms with E-state index in [1.54, 1.807) is 0 Å². The molecule has 4 fully saturated rings. The number of carbonyl (C=O) groups is 2. The van der Waals surface area contributed by atoms with Crippen molar-refractivity contribution in [3.05, 3.63) is 0 Å². The van der Waals surface area contributed by atoms with E-state index in [4.69, 9.17) is 0 Å². The van der Waals surface area contributed by atoms with Gasteiger partial charge in [-0.2, -0.15) is 5.26 Å². The van der Waals surface area contributed by atoms with Crippen molar-refractivity contribution in [3.8, 4) is 6.07 Å². The second-order valence-electron chi connectivity index (χ2n) is 9.24. The lowest BCUT2D eigenvalue weighted by molar-refractivity contribution is -0.138. The molecule has 4 aliphatic rings. The SMILES string of the molecule is CN1CCCC12CCN([C@H](CN[C@H](C#N)C[C@@H]1CCNC1=O)CC1CC1)C2=O. The molecule has 0 bridgehead atoms. The van der Waals surface area contributed by atoms with Crippen LogP contribution in [-0.2, 0) is 9.59 Å². The van der Waals surface area contributed by atoms with Gasteiger partial charge in [0.05, 0.1) is 12.1 Å². The molecule has 7 nitrogen and oxygen atoms in total. The van der Waals surface area contributed by atoms with Crippen molar-refractivity contribution in [1.82, 2.24) is 20.4 Å². The Balaban J connectivity index is 1.38. The maximum atomic E-state index is 13.4. The molecule has 0 aromatic rings. The van der Waals surface area contributed by atoms with Crippen LogP contribution in [0.15, 0.2) is 0 Å². The zero-order valence-electron chi connectivity index (χ0n) is 17.0. The zero-order chi connectivity index (χ0) is 19.7. The molecule has 3 heterocycles. The van der Waals surface area contributed by atoms with Gasteiger partial charge < -0.3 is 10.2 Å². The number of nitriles is 1. The van der Waals surface area contributed by atoms with Crippen LogP contribution >= 0.6 is 0 Å². The Kier molecular flexibility index (Phi) is 5.62. The fraction of sp³-hybridized carbons (Fsp3) is 0.857. The van der Waals surface area contributed by atoms with Crippen molar-refractivity contribution >= 4 is 11.8 Å². The minimum Gasteiger partial charge on any atom is -0.356 e. The van der Waals surface area contributed by atoms with E-state index in [1.807, 2.05) is 0 Å². The van der Waals surface area contributed by atoms with E-state index in [-0.39, 0.29) is 29.4 Å². The molecule has 1 unspecified atom stereocenters. The van der Waals surface area contributed by atoms with Gasteiger partial charge in [0.2, 0.25) is 11.8 Å². The summed E-state index contributed by atoms with van der Waals surface area (Å²) in [7, 11) is 2.08. The number of carbonyl (C=O) groups excluding carboxylic acids is 2. The second kappa shape index (κ2) is 8.00. The third-order valence-corrected chi connectivity index (χ3v) is 7.42. The fourth-order valence-electron chi connectivity index (χ4n) is 5.40. The van der Waals surface area contributed by atoms with Crippen molar-refractivity contribution in [3.63, 3.8) is 0 Å². The van der Waals surface area contributed by atoms with Crippen LogP contribution in [0.4, 0.5) is 0 Å². The molecule has 2 N–H and O–H groups in total. The number of nitrogens with one attached hydrogen (secondary N) is 2. The zero-order valence-corrected chi connectivity index (χ0v) is 17.0. The number of nitrogens with zero attached hydrogens (tertiary/aromatic N) is 3. The number of hydrogen-bond donors (Lipinski definition) is 2. The molecule has 0 radical (unpaired) electrons. The molecule has 7 heteroatoms. The van der Waals surface area contributed by atoms with Gasteiger partial charge in [0.15, 0.2) is 0 Å². The van der Waals surface area contributed by atoms with Gasteiger partial charge >= 0.3 is 0 Å². The quantitative estimate of drug-likeness (QED) is 0.645. The molecule has 1 spiro atoms. The maximum absolute atomic E-state index is 13.4. The maximum Gasteiger partial charge on any atom is 0.243 e. The molecule has 3 aliphatic heterocycles. The van der Waals surface area contributed by atoms with Crippen LogP contribution in [0.1, 0.15) is 51.4 Å². The van der Waals surface area contributed by atoms with Crippen molar-refractivity contribution in [1.29, 1.82) is 5.26 Å². The highest BCUT2D eigenvalue weighted by Gasteiger charge is 2.53. The van der Waals surface area contributed by atoms with Crippen LogP contribution in [0.5, 0.6) is 0 Å². The third kappa shape index (κ3) is 3.77. The van der Waals surface area contributed by atoms with E-state index in [0.717, 1.165) is 51.1 Å². The predicted molar refractivity (Wildman–Crippen MR) is 105 cm³/mol. The lowest BCUT2D eigenvalue weighted by atomic mass is 9.94. The van der Waals surface area contributed by atoms with Gasteiger partial charge in [-0.3, -0.25) is 19.8 Å². The normalized spacial score (nSPS) is 32.7. The summed E-state index contributed by atoms with van der Waals surface area (Å²) in [6.07, 6.45) is 7.90. The Bertz CT molecular complexity index is 658. The molecule has 3 saturated heterocycles. The van der Waals surface area contributed by atoms with Crippen molar-refractivity contribution in [2.45, 2.75) is 69.0 Å². The molecule has 154 valence electrons. The minimum absolute atomic E-state index is 0.0668. The first-order chi connectivity index (χ1) is 13.5. The smallest absolute Gasteiger partial charge is 0.243 e. The Morgan fingerprint density at radius 1 is 1.25 bits per heavy atom. The lowest BCUT2D eigenvalue weighted by Gasteiger charge is -2.34. The first-order valence-electron chi connectivity index (χ1n) is 11.0. The van der Waals surface area contributed by atoms with Crippen LogP contribution in [-0.4, -0.2) is 72.5 Å². The van der Waals surface area contributed by atoms with Gasteiger partial charge in [0, 0.05) is 31.6 Å². The Labute approximate surface area is 167 Å². The summed E-state index contributed by atoms with van der Waals surface area (Å²) < 4.78 is 0. The topological polar surface area (TPSA) is 88.5 Å². The average Bonchev–Trinajstić information content (AvgIpc) is 3.16. The molecule has 4 rings (SSSR count). The predicted octanol–water partition coefficient (Wildman–Crippen LogP) is 0.860. The Morgan fingerprint density at radius 2 is 2.07 bits per heavy atom. The number of amides is 2. The monoisotopic (exact) mass is 387 g/mol. The highest BCUT2D eigenvalue weighted by Crippen LogP contribution is 2.41. The van der Waals surface area contributed by atoms with E-state index in [0.29, 0.717) is 25.4 Å². The van der Waals surface area contributed by atoms with Gasteiger partial charge in [0.25, 0.3) is 0 Å². The van der Waals surface area contributed by atoms with Gasteiger partial charge in [-0.15, -0.1) is 0 Å². The molecule has 0 aromatic heterocycles. The molecule has 2 amide bonds. The van der Waals surface area contributed by atoms with Crippen molar-refractivity contribution in [2.75, 3.05) is 33.2 Å². The molecule has 4 atom stereocenters. The average molecular weight is 388 g/mol. The summed E-state index contributed by atoms with van der Waals surface area (Å²) in [4.78, 5) is 29.6. The van der Waals surface area contributed by atoms with Gasteiger partial charge in [-0.05, 0) is 58.0 Å². The minimum atomic E-state index is -0.337. The summed E-state index contributed by atoms with van der Waals surface area (Å²) in [6.45, 7) is 3.19. The third-order valence-electron chi connectivity index (χ3n) is 7.42. The molecule has 28 heavy (non-hydrogen) atoms. The molecular weight excluding hydrogens is 354 g/mol. The van der Waals surface area contributed by atoms with E-state index >= 15 is 0 Å². The van der Waals surface area contributed by atoms with Crippen LogP contribution in [0, 0.1) is 23.2 Å². The summed E-state index contributed by atoms with van der Waals surface area (Å²) in [5, 5.41) is 15.8. The highest BCUT2D eigenvalue weighted by atomic mass is 16.2. The van der Waals surface area contributed by atoms with Crippen LogP contribution in [0.25, 0.3) is 0 Å². The second-order valence-corrected chi connectivity index (χ2v) is 9.24. The first kappa shape index (κ1) is 19.7. The number of hydrogen-bond acceptors (Lipinski definition) is 5. The van der Waals surface area contributed by atoms with Crippen molar-refractivity contribution in [2.24, 2.45) is 11.8 Å². The lowest BCUT2D eigenvalue weighted by Crippen LogP contribution is -2.52. The fourth-order valence-corrected chi connectivity index (χ4v) is 5.40. The van der Waals surface area contributed by atoms with Crippen molar-refractivity contribution < 1.29 is 9.59 Å². The van der Waals surface area contributed by atoms with E-state index < -0.39 is 0 Å². The van der Waals surface area contributed by atoms with Crippen LogP contribution in [0.3, 0.4) is 0 Å². The van der Waals surface area contributed by atoms with Gasteiger partial charge in [0.1, 0.15) is 5.54 Å². The summed E-state index contributed by atoms with van der Waals surface area (Å²) >= 11 is 0. The summed E-state index contributed by atoms with van der Waals surface area (Å²) in [6, 6.07) is 2.15. The Hall–Kier alpha value is -1.65. The van der Waals surface area contributed by atoms with E-state index in [1.165, 1.54) is 12.8 Å². The standard InChI is InChI=1S/C21H33N5O2/c1-25-9-2-6-21(25)7-10-26(20(21)28)18(11-15-3-4-15)14-24-17(13-22)12-16-5-8-23-19(16)27/h15-18,24H,2-12,14H2,1H3,(H,23,27)/t16-,17-,18-,21?/m0/s1. The molecule has 0 aromatic carbocycles. The number of likely N-dealkylation sites (tertiary alicyclic amines) is 2. The summed E-state index contributed by atoms with van der Waals surface area (Å²) in [5.74, 6) is 1.02. The van der Waals surface area contributed by atoms with E-state index in [9.17, 15) is 14.9 Å². The number of likely N-dealkylation sites (N-methyl/N-ethyl adjacent to an activating group) is 1. The van der Waals surface area contributed by atoms with Crippen LogP contribution < -0.4 is 10.6 Å². The molecule has 1 saturated carbocycles. The number of rotatable bonds is 8. The summed E-state index contributed by atoms with van der Waals surface area (Å²) in [5.41, 5.74) is -0.279. The molecule has 1 aliphatic carbocycles. The van der Waals surface area contributed by atoms with Crippen LogP contribution in [0.2, 0.25) is 0 Å². The Morgan fingerprint density at radius 3 is 2.68 bits per heavy atom.